The van der Waals surface area contributed by atoms with Crippen LogP contribution in [0.4, 0.5) is 0 Å². The molecule has 19 heavy (non-hydrogen) atoms. The molecule has 0 spiro atoms. The molecular formula is C12H16N2O5. The van der Waals surface area contributed by atoms with E-state index < -0.39 is 30.2 Å². The fraction of sp³-hybridized carbons (Fsp3) is 0.500. The fourth-order valence-corrected chi connectivity index (χ4v) is 1.68. The Morgan fingerprint density at radius 3 is 2.26 bits per heavy atom. The van der Waals surface area contributed by atoms with Gasteiger partial charge in [-0.2, -0.15) is 5.01 Å². The van der Waals surface area contributed by atoms with E-state index in [2.05, 4.69) is 0 Å². The van der Waals surface area contributed by atoms with Gasteiger partial charge in [-0.1, -0.05) is 19.8 Å². The van der Waals surface area contributed by atoms with Gasteiger partial charge in [-0.3, -0.25) is 19.2 Å². The van der Waals surface area contributed by atoms with Gasteiger partial charge in [0.15, 0.2) is 0 Å². The summed E-state index contributed by atoms with van der Waals surface area (Å²) >= 11 is 0. The molecule has 7 heteroatoms. The second kappa shape index (κ2) is 6.67. The van der Waals surface area contributed by atoms with Crippen LogP contribution in [0.25, 0.3) is 0 Å². The lowest BCUT2D eigenvalue weighted by Gasteiger charge is -2.28. The summed E-state index contributed by atoms with van der Waals surface area (Å²) < 4.78 is 0. The van der Waals surface area contributed by atoms with E-state index in [-0.39, 0.29) is 6.42 Å². The monoisotopic (exact) mass is 268 g/mol. The molecule has 0 atom stereocenters. The molecule has 0 unspecified atom stereocenters. The maximum Gasteiger partial charge on any atom is 0.325 e. The number of nitrogens with zero attached hydrogens (tertiary/aromatic N) is 2. The van der Waals surface area contributed by atoms with Gasteiger partial charge in [0, 0.05) is 18.6 Å². The number of hydrogen-bond donors (Lipinski definition) is 1. The van der Waals surface area contributed by atoms with Crippen molar-refractivity contribution in [1.82, 2.24) is 10.0 Å². The number of carbonyl (C=O) groups is 4. The van der Waals surface area contributed by atoms with E-state index in [1.165, 1.54) is 0 Å². The van der Waals surface area contributed by atoms with Gasteiger partial charge in [-0.05, 0) is 6.42 Å². The number of hydrogen-bond acceptors (Lipinski definition) is 4. The van der Waals surface area contributed by atoms with Crippen molar-refractivity contribution in [1.29, 1.82) is 0 Å². The van der Waals surface area contributed by atoms with E-state index in [1.807, 2.05) is 6.92 Å². The molecule has 0 radical (unpaired) electrons. The first-order chi connectivity index (χ1) is 8.97. The largest absolute Gasteiger partial charge is 0.480 e. The van der Waals surface area contributed by atoms with E-state index in [9.17, 15) is 19.2 Å². The zero-order valence-corrected chi connectivity index (χ0v) is 10.7. The zero-order valence-electron chi connectivity index (χ0n) is 10.7. The zero-order chi connectivity index (χ0) is 14.4. The molecule has 0 saturated heterocycles. The van der Waals surface area contributed by atoms with Crippen molar-refractivity contribution >= 4 is 23.7 Å². The van der Waals surface area contributed by atoms with Crippen molar-refractivity contribution in [2.24, 2.45) is 0 Å². The first-order valence-electron chi connectivity index (χ1n) is 6.05. The standard InChI is InChI=1S/C12H16N2O5/c1-2-3-4-5-9(15)13(8-12(18)19)14-10(16)6-7-11(14)17/h6-7H,2-5,8H2,1H3,(H,18,19). The molecule has 0 aromatic heterocycles. The molecule has 0 aliphatic carbocycles. The summed E-state index contributed by atoms with van der Waals surface area (Å²) in [6.45, 7) is 1.26. The molecule has 0 bridgehead atoms. The van der Waals surface area contributed by atoms with E-state index in [0.717, 1.165) is 25.0 Å². The van der Waals surface area contributed by atoms with Gasteiger partial charge < -0.3 is 5.11 Å². The van der Waals surface area contributed by atoms with E-state index in [1.54, 1.807) is 0 Å². The third-order valence-electron chi connectivity index (χ3n) is 2.59. The lowest BCUT2D eigenvalue weighted by molar-refractivity contribution is -0.170. The van der Waals surface area contributed by atoms with Gasteiger partial charge in [-0.25, -0.2) is 5.01 Å². The van der Waals surface area contributed by atoms with Crippen molar-refractivity contribution in [3.63, 3.8) is 0 Å². The Balaban J connectivity index is 2.77. The Hall–Kier alpha value is -2.18. The van der Waals surface area contributed by atoms with Crippen LogP contribution < -0.4 is 0 Å². The normalized spacial score (nSPS) is 14.1. The Bertz CT molecular complexity index is 412. The predicted octanol–water partition coefficient (Wildman–Crippen LogP) is 0.320. The molecule has 1 rings (SSSR count). The molecule has 1 aliphatic rings. The number of aliphatic carboxylic acids is 1. The average Bonchev–Trinajstić information content (AvgIpc) is 2.66. The summed E-state index contributed by atoms with van der Waals surface area (Å²) in [4.78, 5) is 45.6. The third kappa shape index (κ3) is 3.90. The third-order valence-corrected chi connectivity index (χ3v) is 2.59. The van der Waals surface area contributed by atoms with Crippen molar-refractivity contribution in [2.45, 2.75) is 32.6 Å². The van der Waals surface area contributed by atoms with Crippen LogP contribution in [0.5, 0.6) is 0 Å². The number of carboxylic acid groups (broad SMARTS) is 1. The maximum atomic E-state index is 11.9. The minimum Gasteiger partial charge on any atom is -0.480 e. The fourth-order valence-electron chi connectivity index (χ4n) is 1.68. The second-order valence-corrected chi connectivity index (χ2v) is 4.12. The maximum absolute atomic E-state index is 11.9. The SMILES string of the molecule is CCCCCC(=O)N(CC(=O)O)N1C(=O)C=CC1=O. The number of carbonyl (C=O) groups excluding carboxylic acids is 3. The van der Waals surface area contributed by atoms with Crippen LogP contribution in [-0.2, 0) is 19.2 Å². The molecular weight excluding hydrogens is 252 g/mol. The number of imide groups is 1. The first-order valence-corrected chi connectivity index (χ1v) is 6.05. The highest BCUT2D eigenvalue weighted by Crippen LogP contribution is 2.12. The van der Waals surface area contributed by atoms with Crippen LogP contribution in [0.15, 0.2) is 12.2 Å². The van der Waals surface area contributed by atoms with Crippen LogP contribution in [0.2, 0.25) is 0 Å². The highest BCUT2D eigenvalue weighted by Gasteiger charge is 2.33. The van der Waals surface area contributed by atoms with Crippen LogP contribution in [0.3, 0.4) is 0 Å². The van der Waals surface area contributed by atoms with E-state index >= 15 is 0 Å². The molecule has 1 N–H and O–H groups in total. The highest BCUT2D eigenvalue weighted by molar-refractivity contribution is 6.13. The summed E-state index contributed by atoms with van der Waals surface area (Å²) in [5.41, 5.74) is 0. The second-order valence-electron chi connectivity index (χ2n) is 4.12. The van der Waals surface area contributed by atoms with E-state index in [0.29, 0.717) is 16.4 Å². The van der Waals surface area contributed by atoms with Crippen molar-refractivity contribution < 1.29 is 24.3 Å². The molecule has 3 amide bonds. The molecule has 0 fully saturated rings. The molecule has 0 aromatic rings. The lowest BCUT2D eigenvalue weighted by Crippen LogP contribution is -2.51. The van der Waals surface area contributed by atoms with Crippen LogP contribution in [0, 0.1) is 0 Å². The number of carboxylic acids is 1. The Morgan fingerprint density at radius 1 is 1.21 bits per heavy atom. The topological polar surface area (TPSA) is 95.0 Å². The Morgan fingerprint density at radius 2 is 1.79 bits per heavy atom. The number of rotatable bonds is 7. The van der Waals surface area contributed by atoms with Crippen LogP contribution >= 0.6 is 0 Å². The van der Waals surface area contributed by atoms with Gasteiger partial charge >= 0.3 is 5.97 Å². The van der Waals surface area contributed by atoms with Crippen LogP contribution in [-0.4, -0.2) is 45.4 Å². The summed E-state index contributed by atoms with van der Waals surface area (Å²) in [5.74, 6) is -3.22. The number of hydrazine groups is 1. The summed E-state index contributed by atoms with van der Waals surface area (Å²) in [6, 6.07) is 0. The highest BCUT2D eigenvalue weighted by atomic mass is 16.4. The summed E-state index contributed by atoms with van der Waals surface area (Å²) in [7, 11) is 0. The Kier molecular flexibility index (Phi) is 5.23. The molecule has 7 nitrogen and oxygen atoms in total. The summed E-state index contributed by atoms with van der Waals surface area (Å²) in [5, 5.41) is 10.0. The molecule has 0 saturated carbocycles. The van der Waals surface area contributed by atoms with Gasteiger partial charge in [0.05, 0.1) is 0 Å². The van der Waals surface area contributed by atoms with Gasteiger partial charge in [0.25, 0.3) is 11.8 Å². The summed E-state index contributed by atoms with van der Waals surface area (Å²) in [6.07, 6.45) is 4.46. The van der Waals surface area contributed by atoms with Crippen molar-refractivity contribution in [3.05, 3.63) is 12.2 Å². The predicted molar refractivity (Wildman–Crippen MR) is 64.5 cm³/mol. The van der Waals surface area contributed by atoms with Gasteiger partial charge in [0.2, 0.25) is 5.91 Å². The first kappa shape index (κ1) is 14.9. The van der Waals surface area contributed by atoms with Gasteiger partial charge in [0.1, 0.15) is 6.54 Å². The van der Waals surface area contributed by atoms with Crippen molar-refractivity contribution in [3.8, 4) is 0 Å². The Labute approximate surface area is 110 Å². The quantitative estimate of drug-likeness (QED) is 0.530. The van der Waals surface area contributed by atoms with Gasteiger partial charge in [-0.15, -0.1) is 0 Å². The minimum absolute atomic E-state index is 0.109. The number of amides is 3. The average molecular weight is 268 g/mol. The molecule has 0 aromatic carbocycles. The minimum atomic E-state index is -1.28. The van der Waals surface area contributed by atoms with Crippen LogP contribution in [0.1, 0.15) is 32.6 Å². The lowest BCUT2D eigenvalue weighted by atomic mass is 10.2. The molecule has 1 heterocycles. The molecule has 104 valence electrons. The van der Waals surface area contributed by atoms with Crippen molar-refractivity contribution in [2.75, 3.05) is 6.54 Å². The van der Waals surface area contributed by atoms with E-state index in [4.69, 9.17) is 5.11 Å². The number of unbranched alkanes of at least 4 members (excludes halogenated alkanes) is 2. The molecule has 1 aliphatic heterocycles. The smallest absolute Gasteiger partial charge is 0.325 e.